The van der Waals surface area contributed by atoms with E-state index in [0.717, 1.165) is 5.56 Å². The van der Waals surface area contributed by atoms with Gasteiger partial charge in [0.05, 0.1) is 5.92 Å². The maximum Gasteiger partial charge on any atom is 0.320 e. The first kappa shape index (κ1) is 11.6. The number of carboxylic acids is 2. The number of benzene rings is 1. The Morgan fingerprint density at radius 1 is 1.18 bits per heavy atom. The van der Waals surface area contributed by atoms with Gasteiger partial charge in [0.15, 0.2) is 0 Å². The second kappa shape index (κ2) is 4.18. The molecule has 0 amide bonds. The van der Waals surface area contributed by atoms with Crippen molar-refractivity contribution < 1.29 is 19.8 Å². The van der Waals surface area contributed by atoms with Gasteiger partial charge >= 0.3 is 11.9 Å². The number of hydrogen-bond acceptors (Lipinski definition) is 3. The van der Waals surface area contributed by atoms with Crippen molar-refractivity contribution in [3.8, 4) is 0 Å². The van der Waals surface area contributed by atoms with E-state index >= 15 is 0 Å². The molecule has 4 N–H and O–H groups in total. The quantitative estimate of drug-likeness (QED) is 0.706. The smallest absolute Gasteiger partial charge is 0.320 e. The zero-order chi connectivity index (χ0) is 12.6. The van der Waals surface area contributed by atoms with E-state index in [9.17, 15) is 9.59 Å². The molecule has 1 aliphatic rings. The molecule has 90 valence electrons. The third kappa shape index (κ3) is 2.01. The van der Waals surface area contributed by atoms with Crippen molar-refractivity contribution >= 4 is 11.9 Å². The van der Waals surface area contributed by atoms with E-state index in [-0.39, 0.29) is 5.92 Å². The summed E-state index contributed by atoms with van der Waals surface area (Å²) in [4.78, 5) is 21.8. The molecule has 5 nitrogen and oxygen atoms in total. The molecule has 0 radical (unpaired) electrons. The molecule has 0 spiro atoms. The van der Waals surface area contributed by atoms with Crippen LogP contribution in [0.3, 0.4) is 0 Å². The van der Waals surface area contributed by atoms with Crippen LogP contribution in [0.2, 0.25) is 0 Å². The second-order valence-electron chi connectivity index (χ2n) is 4.24. The number of carboxylic acid groups (broad SMARTS) is 2. The number of rotatable bonds is 4. The van der Waals surface area contributed by atoms with Crippen LogP contribution < -0.4 is 5.73 Å². The monoisotopic (exact) mass is 235 g/mol. The fraction of sp³-hybridized carbons (Fsp3) is 0.333. The van der Waals surface area contributed by atoms with Gasteiger partial charge in [-0.15, -0.1) is 0 Å². The summed E-state index contributed by atoms with van der Waals surface area (Å²) in [6.45, 7) is 0. The molecule has 0 bridgehead atoms. The van der Waals surface area contributed by atoms with Crippen LogP contribution in [0.25, 0.3) is 0 Å². The maximum absolute atomic E-state index is 11.0. The zero-order valence-corrected chi connectivity index (χ0v) is 8.98. The second-order valence-corrected chi connectivity index (χ2v) is 4.24. The minimum atomic E-state index is -1.15. The zero-order valence-electron chi connectivity index (χ0n) is 8.98. The van der Waals surface area contributed by atoms with Crippen molar-refractivity contribution in [2.75, 3.05) is 0 Å². The molecule has 1 fully saturated rings. The highest BCUT2D eigenvalue weighted by Crippen LogP contribution is 2.55. The van der Waals surface area contributed by atoms with Crippen molar-refractivity contribution in [3.05, 3.63) is 35.9 Å². The Balaban J connectivity index is 2.23. The van der Waals surface area contributed by atoms with Crippen molar-refractivity contribution in [1.82, 2.24) is 0 Å². The molecular formula is C12H13NO4. The van der Waals surface area contributed by atoms with E-state index in [0.29, 0.717) is 0 Å². The SMILES string of the molecule is N[C@H](C(=O)O)[C@@H]1[C@H](C(=O)O)[C@H]1c1ccccc1. The third-order valence-electron chi connectivity index (χ3n) is 3.24. The minimum absolute atomic E-state index is 0.292. The van der Waals surface area contributed by atoms with Gasteiger partial charge < -0.3 is 15.9 Å². The molecule has 1 aliphatic carbocycles. The lowest BCUT2D eigenvalue weighted by Crippen LogP contribution is -2.33. The molecule has 1 saturated carbocycles. The van der Waals surface area contributed by atoms with Crippen molar-refractivity contribution in [1.29, 1.82) is 0 Å². The van der Waals surface area contributed by atoms with E-state index in [1.165, 1.54) is 0 Å². The van der Waals surface area contributed by atoms with E-state index < -0.39 is 29.8 Å². The molecule has 0 saturated heterocycles. The number of carbonyl (C=O) groups is 2. The van der Waals surface area contributed by atoms with Gasteiger partial charge in [-0.25, -0.2) is 0 Å². The Bertz CT molecular complexity index is 445. The van der Waals surface area contributed by atoms with Crippen LogP contribution in [0.4, 0.5) is 0 Å². The first-order chi connectivity index (χ1) is 8.04. The van der Waals surface area contributed by atoms with Gasteiger partial charge in [-0.3, -0.25) is 9.59 Å². The van der Waals surface area contributed by atoms with E-state index in [4.69, 9.17) is 15.9 Å². The summed E-state index contributed by atoms with van der Waals surface area (Å²) < 4.78 is 0. The first-order valence-electron chi connectivity index (χ1n) is 5.30. The number of aliphatic carboxylic acids is 2. The van der Waals surface area contributed by atoms with E-state index in [1.54, 1.807) is 24.3 Å². The predicted octanol–water partition coefficient (Wildman–Crippen LogP) is 0.513. The van der Waals surface area contributed by atoms with E-state index in [1.807, 2.05) is 6.07 Å². The van der Waals surface area contributed by atoms with Crippen molar-refractivity contribution in [2.24, 2.45) is 17.6 Å². The van der Waals surface area contributed by atoms with Crippen LogP contribution in [0.5, 0.6) is 0 Å². The average Bonchev–Trinajstić information content (AvgIpc) is 3.04. The Labute approximate surface area is 97.9 Å². The van der Waals surface area contributed by atoms with Crippen LogP contribution >= 0.6 is 0 Å². The molecule has 1 aromatic rings. The summed E-state index contributed by atoms with van der Waals surface area (Å²) >= 11 is 0. The van der Waals surface area contributed by atoms with Gasteiger partial charge in [-0.05, 0) is 5.56 Å². The Morgan fingerprint density at radius 2 is 1.76 bits per heavy atom. The van der Waals surface area contributed by atoms with Gasteiger partial charge in [0.1, 0.15) is 6.04 Å². The molecule has 0 unspecified atom stereocenters. The average molecular weight is 235 g/mol. The molecule has 0 heterocycles. The van der Waals surface area contributed by atoms with Crippen molar-refractivity contribution in [3.63, 3.8) is 0 Å². The van der Waals surface area contributed by atoms with Gasteiger partial charge in [-0.2, -0.15) is 0 Å². The highest BCUT2D eigenvalue weighted by Gasteiger charge is 2.59. The Morgan fingerprint density at radius 3 is 2.24 bits per heavy atom. The lowest BCUT2D eigenvalue weighted by atomic mass is 10.1. The highest BCUT2D eigenvalue weighted by atomic mass is 16.4. The Hall–Kier alpha value is -1.88. The van der Waals surface area contributed by atoms with Crippen LogP contribution in [0, 0.1) is 11.8 Å². The minimum Gasteiger partial charge on any atom is -0.481 e. The largest absolute Gasteiger partial charge is 0.481 e. The lowest BCUT2D eigenvalue weighted by molar-refractivity contribution is -0.140. The van der Waals surface area contributed by atoms with Crippen LogP contribution in [0.15, 0.2) is 30.3 Å². The first-order valence-corrected chi connectivity index (χ1v) is 5.30. The maximum atomic E-state index is 11.0. The topological polar surface area (TPSA) is 101 Å². The standard InChI is InChI=1S/C12H13NO4/c13-10(12(16)17)8-7(9(8)11(14)15)6-4-2-1-3-5-6/h1-5,7-10H,13H2,(H,14,15)(H,16,17)/t7-,8-,9+,10-/m0/s1. The molecule has 2 rings (SSSR count). The van der Waals surface area contributed by atoms with E-state index in [2.05, 4.69) is 0 Å². The summed E-state index contributed by atoms with van der Waals surface area (Å²) in [6.07, 6.45) is 0. The van der Waals surface area contributed by atoms with Crippen LogP contribution in [0.1, 0.15) is 11.5 Å². The molecule has 4 atom stereocenters. The fourth-order valence-electron chi connectivity index (χ4n) is 2.37. The predicted molar refractivity (Wildman–Crippen MR) is 59.4 cm³/mol. The molecule has 1 aromatic carbocycles. The van der Waals surface area contributed by atoms with Crippen molar-refractivity contribution in [2.45, 2.75) is 12.0 Å². The fourth-order valence-corrected chi connectivity index (χ4v) is 2.37. The molecular weight excluding hydrogens is 222 g/mol. The van der Waals surface area contributed by atoms with Crippen LogP contribution in [-0.4, -0.2) is 28.2 Å². The number of hydrogen-bond donors (Lipinski definition) is 3. The van der Waals surface area contributed by atoms with Gasteiger partial charge in [0, 0.05) is 11.8 Å². The normalized spacial score (nSPS) is 28.4. The van der Waals surface area contributed by atoms with Gasteiger partial charge in [-0.1, -0.05) is 30.3 Å². The number of nitrogens with two attached hydrogens (primary N) is 1. The molecule has 17 heavy (non-hydrogen) atoms. The molecule has 5 heteroatoms. The summed E-state index contributed by atoms with van der Waals surface area (Å²) in [7, 11) is 0. The van der Waals surface area contributed by atoms with Gasteiger partial charge in [0.2, 0.25) is 0 Å². The molecule has 0 aromatic heterocycles. The van der Waals surface area contributed by atoms with Crippen LogP contribution in [-0.2, 0) is 9.59 Å². The summed E-state index contributed by atoms with van der Waals surface area (Å²) in [5, 5.41) is 17.9. The summed E-state index contributed by atoms with van der Waals surface area (Å²) in [5.41, 5.74) is 6.35. The summed E-state index contributed by atoms with van der Waals surface area (Å²) in [5.74, 6) is -3.64. The summed E-state index contributed by atoms with van der Waals surface area (Å²) in [6, 6.07) is 7.91. The Kier molecular flexibility index (Phi) is 2.85. The lowest BCUT2D eigenvalue weighted by Gasteiger charge is -2.04. The van der Waals surface area contributed by atoms with Gasteiger partial charge in [0.25, 0.3) is 0 Å². The molecule has 0 aliphatic heterocycles. The highest BCUT2D eigenvalue weighted by molar-refractivity contribution is 5.81. The third-order valence-corrected chi connectivity index (χ3v) is 3.24.